The van der Waals surface area contributed by atoms with Gasteiger partial charge in [-0.05, 0) is 49.3 Å². The van der Waals surface area contributed by atoms with Crippen LogP contribution in [0.1, 0.15) is 34.0 Å². The summed E-state index contributed by atoms with van der Waals surface area (Å²) < 4.78 is 0. The lowest BCUT2D eigenvalue weighted by Crippen LogP contribution is -2.71. The van der Waals surface area contributed by atoms with Gasteiger partial charge in [0.05, 0.1) is 17.1 Å². The fraction of sp³-hybridized carbons (Fsp3) is 0.409. The molecule has 2 aromatic carbocycles. The van der Waals surface area contributed by atoms with E-state index < -0.39 is 52.7 Å². The predicted octanol–water partition coefficient (Wildman–Crippen LogP) is 0.430. The van der Waals surface area contributed by atoms with Crippen molar-refractivity contribution in [3.05, 3.63) is 34.4 Å². The van der Waals surface area contributed by atoms with E-state index in [4.69, 9.17) is 5.73 Å². The maximum absolute atomic E-state index is 13.5. The van der Waals surface area contributed by atoms with Crippen molar-refractivity contribution in [2.24, 2.45) is 17.6 Å². The molecule has 2 aromatic rings. The molecule has 158 valence electrons. The van der Waals surface area contributed by atoms with Crippen LogP contribution in [0, 0.1) is 25.7 Å². The molecule has 8 heteroatoms. The van der Waals surface area contributed by atoms with E-state index in [-0.39, 0.29) is 23.1 Å². The number of phenols is 2. The van der Waals surface area contributed by atoms with Gasteiger partial charge in [-0.2, -0.15) is 0 Å². The molecule has 1 fully saturated rings. The molecule has 0 aliphatic heterocycles. The first kappa shape index (κ1) is 20.5. The summed E-state index contributed by atoms with van der Waals surface area (Å²) in [5.74, 6) is -6.43. The van der Waals surface area contributed by atoms with E-state index >= 15 is 0 Å². The molecule has 0 spiro atoms. The largest absolute Gasteiger partial charge is 0.507 e. The van der Waals surface area contributed by atoms with E-state index in [1.807, 2.05) is 0 Å². The summed E-state index contributed by atoms with van der Waals surface area (Å²) >= 11 is 0. The van der Waals surface area contributed by atoms with Crippen molar-refractivity contribution in [2.45, 2.75) is 44.9 Å². The van der Waals surface area contributed by atoms with Gasteiger partial charge in [-0.25, -0.2) is 0 Å². The van der Waals surface area contributed by atoms with Crippen LogP contribution in [0.25, 0.3) is 10.8 Å². The lowest BCUT2D eigenvalue weighted by Gasteiger charge is -2.48. The second-order valence-corrected chi connectivity index (χ2v) is 8.41. The van der Waals surface area contributed by atoms with Crippen LogP contribution in [0.3, 0.4) is 0 Å². The van der Waals surface area contributed by atoms with Crippen LogP contribution in [-0.2, 0) is 16.0 Å². The van der Waals surface area contributed by atoms with Crippen molar-refractivity contribution in [2.75, 3.05) is 0 Å². The quantitative estimate of drug-likeness (QED) is 0.421. The summed E-state index contributed by atoms with van der Waals surface area (Å²) in [6.45, 7) is 4.42. The Morgan fingerprint density at radius 3 is 2.40 bits per heavy atom. The van der Waals surface area contributed by atoms with Crippen LogP contribution in [0.2, 0.25) is 0 Å². The van der Waals surface area contributed by atoms with E-state index in [0.717, 1.165) is 6.92 Å². The number of benzene rings is 2. The maximum Gasteiger partial charge on any atom is 0.206 e. The zero-order valence-electron chi connectivity index (χ0n) is 16.8. The summed E-state index contributed by atoms with van der Waals surface area (Å²) in [6.07, 6.45) is -1.59. The minimum absolute atomic E-state index is 0.0531. The molecule has 2 aliphatic carbocycles. The minimum Gasteiger partial charge on any atom is -0.507 e. The summed E-state index contributed by atoms with van der Waals surface area (Å²) in [7, 11) is 0. The third kappa shape index (κ3) is 2.29. The molecule has 30 heavy (non-hydrogen) atoms. The summed E-state index contributed by atoms with van der Waals surface area (Å²) in [5, 5.41) is 43.7. The van der Waals surface area contributed by atoms with Crippen molar-refractivity contribution in [3.8, 4) is 11.5 Å². The highest BCUT2D eigenvalue weighted by atomic mass is 16.3. The monoisotopic (exact) mass is 413 g/mol. The van der Waals surface area contributed by atoms with Crippen molar-refractivity contribution in [3.63, 3.8) is 0 Å². The van der Waals surface area contributed by atoms with Crippen LogP contribution in [0.4, 0.5) is 0 Å². The topological polar surface area (TPSA) is 158 Å². The van der Waals surface area contributed by atoms with E-state index in [1.54, 1.807) is 26.0 Å². The van der Waals surface area contributed by atoms with E-state index in [0.29, 0.717) is 22.1 Å². The van der Waals surface area contributed by atoms with Gasteiger partial charge in [-0.1, -0.05) is 12.1 Å². The van der Waals surface area contributed by atoms with E-state index in [9.17, 15) is 34.8 Å². The van der Waals surface area contributed by atoms with Gasteiger partial charge >= 0.3 is 0 Å². The normalized spacial score (nSPS) is 30.9. The predicted molar refractivity (Wildman–Crippen MR) is 106 cm³/mol. The van der Waals surface area contributed by atoms with Crippen LogP contribution < -0.4 is 5.73 Å². The lowest BCUT2D eigenvalue weighted by atomic mass is 9.57. The molecule has 0 saturated heterocycles. The molecule has 6 N–H and O–H groups in total. The number of aromatic hydroxyl groups is 2. The number of rotatable bonds is 1. The number of phenolic OH excluding ortho intramolecular Hbond substituents is 2. The summed E-state index contributed by atoms with van der Waals surface area (Å²) in [6, 6.07) is 2.17. The average molecular weight is 413 g/mol. The number of carbonyl (C=O) groups is 3. The highest BCUT2D eigenvalue weighted by molar-refractivity contribution is 6.26. The molecule has 3 unspecified atom stereocenters. The van der Waals surface area contributed by atoms with Crippen molar-refractivity contribution >= 4 is 28.1 Å². The smallest absolute Gasteiger partial charge is 0.206 e. The van der Waals surface area contributed by atoms with Gasteiger partial charge in [0.2, 0.25) is 5.78 Å². The van der Waals surface area contributed by atoms with E-state index in [1.165, 1.54) is 0 Å². The van der Waals surface area contributed by atoms with Gasteiger partial charge in [0.1, 0.15) is 23.2 Å². The zero-order chi connectivity index (χ0) is 22.3. The fourth-order valence-electron chi connectivity index (χ4n) is 5.08. The number of fused-ring (bicyclic) bond motifs is 3. The fourth-order valence-corrected chi connectivity index (χ4v) is 5.08. The molecule has 0 radical (unpaired) electrons. The van der Waals surface area contributed by atoms with Crippen molar-refractivity contribution < 1.29 is 34.8 Å². The lowest BCUT2D eigenvalue weighted by molar-refractivity contribution is -0.162. The van der Waals surface area contributed by atoms with Crippen LogP contribution in [0.5, 0.6) is 11.5 Å². The Balaban J connectivity index is 2.05. The van der Waals surface area contributed by atoms with Gasteiger partial charge in [0.25, 0.3) is 0 Å². The van der Waals surface area contributed by atoms with Gasteiger partial charge in [0, 0.05) is 12.0 Å². The zero-order valence-corrected chi connectivity index (χ0v) is 16.8. The van der Waals surface area contributed by atoms with Gasteiger partial charge in [-0.15, -0.1) is 0 Å². The van der Waals surface area contributed by atoms with Crippen molar-refractivity contribution in [1.29, 1.82) is 0 Å². The number of hydrogen-bond acceptors (Lipinski definition) is 8. The number of Topliss-reactive ketones (excluding diaryl/α,β-unsaturated/α-hetero) is 3. The highest BCUT2D eigenvalue weighted by Gasteiger charge is 2.64. The van der Waals surface area contributed by atoms with Gasteiger partial charge in [-0.3, -0.25) is 14.4 Å². The second-order valence-electron chi connectivity index (χ2n) is 8.41. The number of ketones is 3. The first-order valence-electron chi connectivity index (χ1n) is 9.66. The average Bonchev–Trinajstić information content (AvgIpc) is 2.68. The Hall–Kier alpha value is -2.81. The molecule has 8 nitrogen and oxygen atoms in total. The molecular formula is C22H23NO7. The van der Waals surface area contributed by atoms with Gasteiger partial charge < -0.3 is 26.2 Å². The van der Waals surface area contributed by atoms with E-state index in [2.05, 4.69) is 0 Å². The molecule has 0 aromatic heterocycles. The standard InChI is InChI=1S/C22H23NO7/c1-7-4-5-10-8(2)11-6-12-16(23)19(27)13(9(3)24)20(28)22(12,30)21(29)15(11)18(26)14(10)17(7)25/h4-5,12-13,16,19,25-27,30H,6,23H2,1-3H3/t12?,13?,16-,19?,22-/m1/s1. The molecule has 5 atom stereocenters. The first-order chi connectivity index (χ1) is 13.9. The third-order valence-electron chi connectivity index (χ3n) is 6.84. The molecular weight excluding hydrogens is 390 g/mol. The molecule has 0 bridgehead atoms. The summed E-state index contributed by atoms with van der Waals surface area (Å²) in [5.41, 5.74) is 4.64. The number of aryl methyl sites for hydroxylation is 2. The Bertz CT molecular complexity index is 1150. The van der Waals surface area contributed by atoms with Crippen LogP contribution in [-0.4, -0.2) is 55.5 Å². The first-order valence-corrected chi connectivity index (χ1v) is 9.66. The molecule has 0 amide bonds. The SMILES string of the molecule is CC(=O)C1C(=O)[C@@]2(O)C(=O)c3c(c(C)c4ccc(C)c(O)c4c3O)CC2[C@@H](N)C1O. The molecule has 2 aliphatic rings. The Labute approximate surface area is 171 Å². The number of carbonyl (C=O) groups excluding carboxylic acids is 3. The Kier molecular flexibility index (Phi) is 4.33. The molecule has 0 heterocycles. The Morgan fingerprint density at radius 2 is 1.80 bits per heavy atom. The van der Waals surface area contributed by atoms with Crippen LogP contribution >= 0.6 is 0 Å². The Morgan fingerprint density at radius 1 is 1.17 bits per heavy atom. The van der Waals surface area contributed by atoms with Crippen molar-refractivity contribution in [1.82, 2.24) is 0 Å². The maximum atomic E-state index is 13.5. The third-order valence-corrected chi connectivity index (χ3v) is 6.84. The molecule has 1 saturated carbocycles. The number of hydrogen-bond donors (Lipinski definition) is 5. The number of nitrogens with two attached hydrogens (primary N) is 1. The van der Waals surface area contributed by atoms with Gasteiger partial charge in [0.15, 0.2) is 11.4 Å². The highest BCUT2D eigenvalue weighted by Crippen LogP contribution is 2.49. The summed E-state index contributed by atoms with van der Waals surface area (Å²) in [4.78, 5) is 38.5. The second kappa shape index (κ2) is 6.34. The number of aliphatic hydroxyl groups excluding tert-OH is 1. The molecule has 4 rings (SSSR count). The minimum atomic E-state index is -2.65. The van der Waals surface area contributed by atoms with Crippen LogP contribution in [0.15, 0.2) is 12.1 Å². The number of aliphatic hydroxyl groups is 2.